The number of hydrogen-bond acceptors (Lipinski definition) is 4. The molecule has 4 aromatic carbocycles. The molecule has 0 radical (unpaired) electrons. The molecule has 4 aromatic rings. The van der Waals surface area contributed by atoms with Gasteiger partial charge in [0.25, 0.3) is 11.8 Å². The maximum Gasteiger partial charge on any atom is 0.272 e. The Labute approximate surface area is 238 Å². The number of anilines is 2. The van der Waals surface area contributed by atoms with Gasteiger partial charge in [0.15, 0.2) is 0 Å². The van der Waals surface area contributed by atoms with Crippen LogP contribution in [-0.2, 0) is 9.59 Å². The molecule has 0 heterocycles. The monoisotopic (exact) mass is 549 g/mol. The van der Waals surface area contributed by atoms with Crippen LogP contribution in [0.5, 0.6) is 0 Å². The standard InChI is InChI=1S/C33H31N3O3S/c1-22-13-15-25(16-14-22)21-30(36-32(38)26-10-5-4-6-11-26)33(39)34-27-17-19-28(20-18-27)40-24(3)31(37)35-29-12-8-7-9-23(29)2/h4-21,24H,1-3H3,(H,34,39)(H,35,37)(H,36,38)/b30-21-. The normalized spacial score (nSPS) is 11.8. The molecule has 0 aliphatic carbocycles. The van der Waals surface area contributed by atoms with Gasteiger partial charge in [0.2, 0.25) is 5.91 Å². The first-order valence-corrected chi connectivity index (χ1v) is 13.8. The summed E-state index contributed by atoms with van der Waals surface area (Å²) in [4.78, 5) is 39.7. The summed E-state index contributed by atoms with van der Waals surface area (Å²) >= 11 is 1.43. The van der Waals surface area contributed by atoms with Crippen LogP contribution in [0.4, 0.5) is 11.4 Å². The highest BCUT2D eigenvalue weighted by molar-refractivity contribution is 8.00. The van der Waals surface area contributed by atoms with Gasteiger partial charge in [0, 0.05) is 21.8 Å². The van der Waals surface area contributed by atoms with Gasteiger partial charge >= 0.3 is 0 Å². The first kappa shape index (κ1) is 28.4. The minimum Gasteiger partial charge on any atom is -0.325 e. The van der Waals surface area contributed by atoms with Crippen molar-refractivity contribution >= 4 is 46.9 Å². The van der Waals surface area contributed by atoms with E-state index in [1.807, 2.05) is 87.5 Å². The highest BCUT2D eigenvalue weighted by atomic mass is 32.2. The molecule has 1 unspecified atom stereocenters. The maximum atomic E-state index is 13.3. The Hall–Kier alpha value is -4.62. The molecule has 1 atom stereocenters. The van der Waals surface area contributed by atoms with Gasteiger partial charge < -0.3 is 16.0 Å². The van der Waals surface area contributed by atoms with Gasteiger partial charge in [-0.05, 0) is 80.4 Å². The van der Waals surface area contributed by atoms with E-state index >= 15 is 0 Å². The molecule has 6 nitrogen and oxygen atoms in total. The van der Waals surface area contributed by atoms with Gasteiger partial charge in [-0.15, -0.1) is 11.8 Å². The Bertz CT molecular complexity index is 1520. The quantitative estimate of drug-likeness (QED) is 0.158. The number of amides is 3. The van der Waals surface area contributed by atoms with Crippen molar-refractivity contribution in [3.63, 3.8) is 0 Å². The largest absolute Gasteiger partial charge is 0.325 e. The van der Waals surface area contributed by atoms with Crippen LogP contribution in [0.1, 0.15) is 34.0 Å². The highest BCUT2D eigenvalue weighted by Crippen LogP contribution is 2.26. The van der Waals surface area contributed by atoms with Gasteiger partial charge in [-0.2, -0.15) is 0 Å². The lowest BCUT2D eigenvalue weighted by Crippen LogP contribution is -2.30. The average molecular weight is 550 g/mol. The van der Waals surface area contributed by atoms with E-state index in [0.717, 1.165) is 27.3 Å². The minimum atomic E-state index is -0.448. The summed E-state index contributed by atoms with van der Waals surface area (Å²) in [6, 6.07) is 31.3. The van der Waals surface area contributed by atoms with E-state index in [1.165, 1.54) is 11.8 Å². The van der Waals surface area contributed by atoms with E-state index < -0.39 is 5.91 Å². The van der Waals surface area contributed by atoms with Gasteiger partial charge in [0.1, 0.15) is 5.70 Å². The molecule has 0 spiro atoms. The van der Waals surface area contributed by atoms with Crippen LogP contribution >= 0.6 is 11.8 Å². The van der Waals surface area contributed by atoms with Crippen molar-refractivity contribution < 1.29 is 14.4 Å². The number of benzene rings is 4. The summed E-state index contributed by atoms with van der Waals surface area (Å²) in [5.74, 6) is -0.910. The molecule has 3 N–H and O–H groups in total. The predicted molar refractivity (Wildman–Crippen MR) is 163 cm³/mol. The highest BCUT2D eigenvalue weighted by Gasteiger charge is 2.17. The second-order valence-electron chi connectivity index (χ2n) is 9.33. The number of aryl methyl sites for hydroxylation is 2. The molecule has 0 saturated carbocycles. The number of thioether (sulfide) groups is 1. The van der Waals surface area contributed by atoms with E-state index in [4.69, 9.17) is 0 Å². The fourth-order valence-corrected chi connectivity index (χ4v) is 4.66. The molecule has 0 bridgehead atoms. The van der Waals surface area contributed by atoms with Crippen molar-refractivity contribution in [2.24, 2.45) is 0 Å². The van der Waals surface area contributed by atoms with Crippen LogP contribution in [0.3, 0.4) is 0 Å². The van der Waals surface area contributed by atoms with Crippen molar-refractivity contribution in [3.8, 4) is 0 Å². The predicted octanol–water partition coefficient (Wildman–Crippen LogP) is 6.83. The van der Waals surface area contributed by atoms with Crippen molar-refractivity contribution in [1.29, 1.82) is 0 Å². The summed E-state index contributed by atoms with van der Waals surface area (Å²) in [6.45, 7) is 5.79. The molecule has 4 rings (SSSR count). The molecule has 0 saturated heterocycles. The summed E-state index contributed by atoms with van der Waals surface area (Å²) in [5, 5.41) is 8.26. The topological polar surface area (TPSA) is 87.3 Å². The molecule has 0 aliphatic rings. The fourth-order valence-electron chi connectivity index (χ4n) is 3.79. The van der Waals surface area contributed by atoms with Crippen molar-refractivity contribution in [2.45, 2.75) is 30.9 Å². The van der Waals surface area contributed by atoms with E-state index in [0.29, 0.717) is 11.3 Å². The third kappa shape index (κ3) is 7.94. The second-order valence-corrected chi connectivity index (χ2v) is 10.7. The molecular formula is C33H31N3O3S. The number of para-hydroxylation sites is 1. The van der Waals surface area contributed by atoms with Crippen molar-refractivity contribution in [2.75, 3.05) is 10.6 Å². The van der Waals surface area contributed by atoms with Crippen LogP contribution in [0, 0.1) is 13.8 Å². The molecule has 0 fully saturated rings. The third-order valence-corrected chi connectivity index (χ3v) is 7.23. The summed E-state index contributed by atoms with van der Waals surface area (Å²) < 4.78 is 0. The average Bonchev–Trinajstić information content (AvgIpc) is 2.96. The summed E-state index contributed by atoms with van der Waals surface area (Å²) in [5.41, 5.74) is 4.82. The Morgan fingerprint density at radius 3 is 2.08 bits per heavy atom. The Balaban J connectivity index is 1.43. The summed E-state index contributed by atoms with van der Waals surface area (Å²) in [6.07, 6.45) is 1.65. The van der Waals surface area contributed by atoms with E-state index in [1.54, 1.807) is 42.5 Å². The van der Waals surface area contributed by atoms with E-state index in [9.17, 15) is 14.4 Å². The van der Waals surface area contributed by atoms with Gasteiger partial charge in [-0.3, -0.25) is 14.4 Å². The van der Waals surface area contributed by atoms with Crippen LogP contribution < -0.4 is 16.0 Å². The first-order valence-electron chi connectivity index (χ1n) is 12.9. The maximum absolute atomic E-state index is 13.3. The number of rotatable bonds is 9. The minimum absolute atomic E-state index is 0.0864. The zero-order chi connectivity index (χ0) is 28.5. The number of carbonyl (C=O) groups excluding carboxylic acids is 3. The molecule has 3 amide bonds. The zero-order valence-electron chi connectivity index (χ0n) is 22.6. The van der Waals surface area contributed by atoms with Crippen LogP contribution in [-0.4, -0.2) is 23.0 Å². The SMILES string of the molecule is Cc1ccc(/C=C(\NC(=O)c2ccccc2)C(=O)Nc2ccc(SC(C)C(=O)Nc3ccccc3C)cc2)cc1. The summed E-state index contributed by atoms with van der Waals surface area (Å²) in [7, 11) is 0. The number of carbonyl (C=O) groups is 3. The Kier molecular flexibility index (Phi) is 9.54. The molecule has 0 aliphatic heterocycles. The van der Waals surface area contributed by atoms with Gasteiger partial charge in [-0.1, -0.05) is 66.2 Å². The second kappa shape index (κ2) is 13.4. The van der Waals surface area contributed by atoms with Crippen LogP contribution in [0.15, 0.2) is 114 Å². The zero-order valence-corrected chi connectivity index (χ0v) is 23.4. The number of hydrogen-bond donors (Lipinski definition) is 3. The van der Waals surface area contributed by atoms with Crippen molar-refractivity contribution in [1.82, 2.24) is 5.32 Å². The van der Waals surface area contributed by atoms with Crippen molar-refractivity contribution in [3.05, 3.63) is 131 Å². The van der Waals surface area contributed by atoms with E-state index in [2.05, 4.69) is 16.0 Å². The molecular weight excluding hydrogens is 518 g/mol. The third-order valence-electron chi connectivity index (χ3n) is 6.11. The van der Waals surface area contributed by atoms with Crippen LogP contribution in [0.2, 0.25) is 0 Å². The van der Waals surface area contributed by atoms with Gasteiger partial charge in [0.05, 0.1) is 5.25 Å². The first-order chi connectivity index (χ1) is 19.3. The smallest absolute Gasteiger partial charge is 0.272 e. The number of nitrogens with one attached hydrogen (secondary N) is 3. The molecule has 40 heavy (non-hydrogen) atoms. The lowest BCUT2D eigenvalue weighted by Gasteiger charge is -2.14. The van der Waals surface area contributed by atoms with Gasteiger partial charge in [-0.25, -0.2) is 0 Å². The van der Waals surface area contributed by atoms with Crippen LogP contribution in [0.25, 0.3) is 6.08 Å². The Morgan fingerprint density at radius 1 is 0.750 bits per heavy atom. The molecule has 202 valence electrons. The fraction of sp³-hybridized carbons (Fsp3) is 0.121. The lowest BCUT2D eigenvalue weighted by molar-refractivity contribution is -0.115. The molecule has 7 heteroatoms. The van der Waals surface area contributed by atoms with E-state index in [-0.39, 0.29) is 22.8 Å². The molecule has 0 aromatic heterocycles. The Morgan fingerprint density at radius 2 is 1.40 bits per heavy atom. The lowest BCUT2D eigenvalue weighted by atomic mass is 10.1.